The smallest absolute Gasteiger partial charge is 0.123 e. The Morgan fingerprint density at radius 1 is 1.07 bits per heavy atom. The second-order valence-electron chi connectivity index (χ2n) is 3.32. The van der Waals surface area contributed by atoms with Crippen LogP contribution in [-0.2, 0) is 0 Å². The van der Waals surface area contributed by atoms with E-state index in [4.69, 9.17) is 23.2 Å². The number of aryl methyl sites for hydroxylation is 2. The van der Waals surface area contributed by atoms with E-state index in [1.54, 1.807) is 17.4 Å². The van der Waals surface area contributed by atoms with Crippen LogP contribution >= 0.6 is 34.5 Å². The van der Waals surface area contributed by atoms with Gasteiger partial charge in [-0.3, -0.25) is 0 Å². The Bertz CT molecular complexity index is 466. The third-order valence-corrected chi connectivity index (χ3v) is 3.70. The van der Waals surface area contributed by atoms with Gasteiger partial charge in [-0.1, -0.05) is 23.2 Å². The first-order valence-corrected chi connectivity index (χ1v) is 6.04. The van der Waals surface area contributed by atoms with Crippen LogP contribution in [0.2, 0.25) is 10.0 Å². The fraction of sp³-hybridized carbons (Fsp3) is 0.182. The summed E-state index contributed by atoms with van der Waals surface area (Å²) in [6.45, 7) is 4.06. The Hall–Kier alpha value is -0.570. The number of thiazole rings is 1. The molecule has 1 aromatic carbocycles. The van der Waals surface area contributed by atoms with Gasteiger partial charge in [-0.05, 0) is 32.0 Å². The van der Waals surface area contributed by atoms with E-state index in [1.807, 2.05) is 19.1 Å². The molecule has 1 heterocycles. The van der Waals surface area contributed by atoms with Crippen LogP contribution in [0, 0.1) is 13.8 Å². The lowest BCUT2D eigenvalue weighted by Crippen LogP contribution is -1.78. The molecule has 0 bridgehead atoms. The normalized spacial score (nSPS) is 10.7. The summed E-state index contributed by atoms with van der Waals surface area (Å²) < 4.78 is 0. The lowest BCUT2D eigenvalue weighted by atomic mass is 10.2. The standard InChI is InChI=1S/C11H9Cl2NS/c1-6-7(2)15-11(14-6)8-3-9(12)5-10(13)4-8/h3-5H,1-2H3. The highest BCUT2D eigenvalue weighted by molar-refractivity contribution is 7.15. The number of aromatic nitrogens is 1. The van der Waals surface area contributed by atoms with Gasteiger partial charge in [0, 0.05) is 20.5 Å². The Labute approximate surface area is 103 Å². The van der Waals surface area contributed by atoms with Gasteiger partial charge in [0.1, 0.15) is 5.01 Å². The molecule has 0 fully saturated rings. The zero-order valence-corrected chi connectivity index (χ0v) is 10.7. The van der Waals surface area contributed by atoms with Crippen LogP contribution in [0.25, 0.3) is 10.6 Å². The van der Waals surface area contributed by atoms with Crippen LogP contribution in [0.5, 0.6) is 0 Å². The Balaban J connectivity index is 2.53. The Kier molecular flexibility index (Phi) is 3.01. The fourth-order valence-electron chi connectivity index (χ4n) is 1.27. The van der Waals surface area contributed by atoms with Crippen LogP contribution in [-0.4, -0.2) is 4.98 Å². The van der Waals surface area contributed by atoms with Crippen molar-refractivity contribution in [3.8, 4) is 10.6 Å². The molecule has 0 aliphatic carbocycles. The van der Waals surface area contributed by atoms with Crippen molar-refractivity contribution in [2.45, 2.75) is 13.8 Å². The Morgan fingerprint density at radius 3 is 2.13 bits per heavy atom. The quantitative estimate of drug-likeness (QED) is 0.720. The molecule has 15 heavy (non-hydrogen) atoms. The fourth-order valence-corrected chi connectivity index (χ4v) is 2.70. The average molecular weight is 258 g/mol. The molecule has 0 spiro atoms. The number of benzene rings is 1. The molecule has 0 atom stereocenters. The van der Waals surface area contributed by atoms with Crippen molar-refractivity contribution in [1.29, 1.82) is 0 Å². The molecule has 78 valence electrons. The SMILES string of the molecule is Cc1nc(-c2cc(Cl)cc(Cl)c2)sc1C. The summed E-state index contributed by atoms with van der Waals surface area (Å²) in [7, 11) is 0. The van der Waals surface area contributed by atoms with E-state index in [2.05, 4.69) is 11.9 Å². The van der Waals surface area contributed by atoms with Crippen LogP contribution in [0.4, 0.5) is 0 Å². The summed E-state index contributed by atoms with van der Waals surface area (Å²) in [4.78, 5) is 5.69. The monoisotopic (exact) mass is 257 g/mol. The summed E-state index contributed by atoms with van der Waals surface area (Å²) in [5.74, 6) is 0. The van der Waals surface area contributed by atoms with Crippen LogP contribution in [0.3, 0.4) is 0 Å². The molecule has 0 amide bonds. The zero-order chi connectivity index (χ0) is 11.0. The van der Waals surface area contributed by atoms with Gasteiger partial charge >= 0.3 is 0 Å². The summed E-state index contributed by atoms with van der Waals surface area (Å²) in [5.41, 5.74) is 2.04. The highest BCUT2D eigenvalue weighted by Crippen LogP contribution is 2.31. The number of hydrogen-bond donors (Lipinski definition) is 0. The van der Waals surface area contributed by atoms with Gasteiger partial charge in [0.25, 0.3) is 0 Å². The molecular weight excluding hydrogens is 249 g/mol. The molecule has 0 aliphatic heterocycles. The molecule has 0 unspecified atom stereocenters. The van der Waals surface area contributed by atoms with Crippen molar-refractivity contribution in [1.82, 2.24) is 4.98 Å². The lowest BCUT2D eigenvalue weighted by Gasteiger charge is -1.98. The molecule has 0 saturated heterocycles. The van der Waals surface area contributed by atoms with Gasteiger partial charge in [-0.15, -0.1) is 11.3 Å². The third-order valence-electron chi connectivity index (χ3n) is 2.14. The highest BCUT2D eigenvalue weighted by Gasteiger charge is 2.07. The molecule has 0 N–H and O–H groups in total. The summed E-state index contributed by atoms with van der Waals surface area (Å²) in [5, 5.41) is 2.25. The van der Waals surface area contributed by atoms with Gasteiger partial charge in [-0.2, -0.15) is 0 Å². The summed E-state index contributed by atoms with van der Waals surface area (Å²) >= 11 is 13.5. The van der Waals surface area contributed by atoms with Crippen molar-refractivity contribution in [3.05, 3.63) is 38.8 Å². The Morgan fingerprint density at radius 2 is 1.67 bits per heavy atom. The molecule has 0 radical (unpaired) electrons. The highest BCUT2D eigenvalue weighted by atomic mass is 35.5. The van der Waals surface area contributed by atoms with E-state index >= 15 is 0 Å². The van der Waals surface area contributed by atoms with Crippen LogP contribution in [0.1, 0.15) is 10.6 Å². The van der Waals surface area contributed by atoms with E-state index in [9.17, 15) is 0 Å². The van der Waals surface area contributed by atoms with E-state index in [0.717, 1.165) is 16.3 Å². The molecular formula is C11H9Cl2NS. The first-order valence-electron chi connectivity index (χ1n) is 4.47. The second-order valence-corrected chi connectivity index (χ2v) is 5.39. The average Bonchev–Trinajstić information content (AvgIpc) is 2.45. The van der Waals surface area contributed by atoms with Gasteiger partial charge in [0.05, 0.1) is 5.69 Å². The number of nitrogens with zero attached hydrogens (tertiary/aromatic N) is 1. The maximum Gasteiger partial charge on any atom is 0.123 e. The molecule has 1 nitrogen and oxygen atoms in total. The van der Waals surface area contributed by atoms with Gasteiger partial charge < -0.3 is 0 Å². The molecule has 0 saturated carbocycles. The van der Waals surface area contributed by atoms with Crippen molar-refractivity contribution in [3.63, 3.8) is 0 Å². The number of halogens is 2. The van der Waals surface area contributed by atoms with Crippen molar-refractivity contribution in [2.24, 2.45) is 0 Å². The van der Waals surface area contributed by atoms with Crippen molar-refractivity contribution < 1.29 is 0 Å². The van der Waals surface area contributed by atoms with E-state index in [1.165, 1.54) is 4.88 Å². The van der Waals surface area contributed by atoms with E-state index in [-0.39, 0.29) is 0 Å². The lowest BCUT2D eigenvalue weighted by molar-refractivity contribution is 1.23. The minimum atomic E-state index is 0.642. The van der Waals surface area contributed by atoms with Gasteiger partial charge in [-0.25, -0.2) is 4.98 Å². The molecule has 2 rings (SSSR count). The predicted octanol–water partition coefficient (Wildman–Crippen LogP) is 4.73. The van der Waals surface area contributed by atoms with Gasteiger partial charge in [0.15, 0.2) is 0 Å². The van der Waals surface area contributed by atoms with Crippen molar-refractivity contribution in [2.75, 3.05) is 0 Å². The maximum atomic E-state index is 5.94. The summed E-state index contributed by atoms with van der Waals surface area (Å²) in [6.07, 6.45) is 0. The van der Waals surface area contributed by atoms with Gasteiger partial charge in [0.2, 0.25) is 0 Å². The minimum absolute atomic E-state index is 0.642. The molecule has 0 aliphatic rings. The topological polar surface area (TPSA) is 12.9 Å². The maximum absolute atomic E-state index is 5.94. The molecule has 1 aromatic heterocycles. The van der Waals surface area contributed by atoms with Crippen molar-refractivity contribution >= 4 is 34.5 Å². The minimum Gasteiger partial charge on any atom is -0.241 e. The van der Waals surface area contributed by atoms with Crippen LogP contribution < -0.4 is 0 Å². The third kappa shape index (κ3) is 2.33. The zero-order valence-electron chi connectivity index (χ0n) is 8.34. The number of rotatable bonds is 1. The predicted molar refractivity (Wildman–Crippen MR) is 67.0 cm³/mol. The summed E-state index contributed by atoms with van der Waals surface area (Å²) in [6, 6.07) is 5.48. The number of hydrogen-bond acceptors (Lipinski definition) is 2. The van der Waals surface area contributed by atoms with Crippen LogP contribution in [0.15, 0.2) is 18.2 Å². The van der Waals surface area contributed by atoms with E-state index < -0.39 is 0 Å². The first-order chi connectivity index (χ1) is 7.06. The second kappa shape index (κ2) is 4.12. The molecule has 4 heteroatoms. The van der Waals surface area contributed by atoms with E-state index in [0.29, 0.717) is 10.0 Å². The first kappa shape index (κ1) is 10.9. The molecule has 2 aromatic rings. The largest absolute Gasteiger partial charge is 0.241 e.